The van der Waals surface area contributed by atoms with Crippen molar-refractivity contribution in [1.29, 1.82) is 5.26 Å². The molecule has 0 saturated carbocycles. The Kier molecular flexibility index (Phi) is 5.60. The van der Waals surface area contributed by atoms with Gasteiger partial charge in [-0.25, -0.2) is 0 Å². The SMILES string of the molecule is CCSc1ccc(C(=O)Nc2sc3c(c2C#N)CCCCC3)cc1. The fourth-order valence-corrected chi connectivity index (χ4v) is 4.89. The van der Waals surface area contributed by atoms with Crippen LogP contribution in [0, 0.1) is 11.3 Å². The number of hydrogen-bond acceptors (Lipinski definition) is 4. The van der Waals surface area contributed by atoms with Crippen LogP contribution in [0.3, 0.4) is 0 Å². The highest BCUT2D eigenvalue weighted by atomic mass is 32.2. The monoisotopic (exact) mass is 356 g/mol. The molecule has 1 heterocycles. The van der Waals surface area contributed by atoms with Crippen molar-refractivity contribution in [3.8, 4) is 6.07 Å². The van der Waals surface area contributed by atoms with Crippen LogP contribution in [0.4, 0.5) is 5.00 Å². The van der Waals surface area contributed by atoms with Crippen molar-refractivity contribution in [2.75, 3.05) is 11.1 Å². The van der Waals surface area contributed by atoms with Gasteiger partial charge in [-0.2, -0.15) is 5.26 Å². The maximum absolute atomic E-state index is 12.5. The topological polar surface area (TPSA) is 52.9 Å². The maximum Gasteiger partial charge on any atom is 0.256 e. The molecular weight excluding hydrogens is 336 g/mol. The summed E-state index contributed by atoms with van der Waals surface area (Å²) >= 11 is 3.33. The van der Waals surface area contributed by atoms with Gasteiger partial charge in [-0.1, -0.05) is 13.3 Å². The zero-order valence-corrected chi connectivity index (χ0v) is 15.4. The molecule has 0 aliphatic heterocycles. The van der Waals surface area contributed by atoms with Crippen LogP contribution in [-0.4, -0.2) is 11.7 Å². The zero-order valence-electron chi connectivity index (χ0n) is 13.7. The van der Waals surface area contributed by atoms with Gasteiger partial charge in [-0.3, -0.25) is 4.79 Å². The quantitative estimate of drug-likeness (QED) is 0.601. The van der Waals surface area contributed by atoms with Crippen LogP contribution in [0.15, 0.2) is 29.2 Å². The Morgan fingerprint density at radius 1 is 1.25 bits per heavy atom. The number of thioether (sulfide) groups is 1. The van der Waals surface area contributed by atoms with Crippen LogP contribution in [0.25, 0.3) is 0 Å². The van der Waals surface area contributed by atoms with Crippen molar-refractivity contribution in [2.24, 2.45) is 0 Å². The lowest BCUT2D eigenvalue weighted by molar-refractivity contribution is 0.102. The van der Waals surface area contributed by atoms with Gasteiger partial charge in [0.15, 0.2) is 0 Å². The van der Waals surface area contributed by atoms with E-state index in [1.165, 1.54) is 17.7 Å². The second-order valence-corrected chi connectivity index (χ2v) is 8.23. The lowest BCUT2D eigenvalue weighted by Gasteiger charge is -2.05. The molecule has 0 bridgehead atoms. The van der Waals surface area contributed by atoms with Gasteiger partial charge >= 0.3 is 0 Å². The highest BCUT2D eigenvalue weighted by molar-refractivity contribution is 7.99. The van der Waals surface area contributed by atoms with Gasteiger partial charge in [0.1, 0.15) is 11.1 Å². The normalized spacial score (nSPS) is 13.7. The first kappa shape index (κ1) is 17.1. The van der Waals surface area contributed by atoms with Crippen LogP contribution < -0.4 is 5.32 Å². The summed E-state index contributed by atoms with van der Waals surface area (Å²) in [6, 6.07) is 9.94. The maximum atomic E-state index is 12.5. The number of nitrogens with one attached hydrogen (secondary N) is 1. The minimum absolute atomic E-state index is 0.143. The third kappa shape index (κ3) is 3.66. The number of nitriles is 1. The van der Waals surface area contributed by atoms with Gasteiger partial charge in [0.2, 0.25) is 0 Å². The number of fused-ring (bicyclic) bond motifs is 1. The molecule has 24 heavy (non-hydrogen) atoms. The van der Waals surface area contributed by atoms with Gasteiger partial charge in [0.25, 0.3) is 5.91 Å². The standard InChI is InChI=1S/C19H20N2OS2/c1-2-23-14-10-8-13(9-11-14)18(22)21-19-16(12-20)15-6-4-3-5-7-17(15)24-19/h8-11H,2-7H2,1H3,(H,21,22). The third-order valence-electron chi connectivity index (χ3n) is 4.19. The predicted octanol–water partition coefficient (Wildman–Crippen LogP) is 5.25. The van der Waals surface area contributed by atoms with E-state index < -0.39 is 0 Å². The van der Waals surface area contributed by atoms with Crippen LogP contribution in [0.2, 0.25) is 0 Å². The van der Waals surface area contributed by atoms with E-state index in [1.54, 1.807) is 23.1 Å². The van der Waals surface area contributed by atoms with Crippen LogP contribution >= 0.6 is 23.1 Å². The van der Waals surface area contributed by atoms with Crippen molar-refractivity contribution in [2.45, 2.75) is 43.9 Å². The summed E-state index contributed by atoms with van der Waals surface area (Å²) in [5.41, 5.74) is 2.45. The lowest BCUT2D eigenvalue weighted by atomic mass is 10.1. The Morgan fingerprint density at radius 3 is 2.71 bits per heavy atom. The number of carbonyl (C=O) groups excluding carboxylic acids is 1. The molecule has 0 atom stereocenters. The summed E-state index contributed by atoms with van der Waals surface area (Å²) in [5, 5.41) is 13.2. The van der Waals surface area contributed by atoms with E-state index in [0.29, 0.717) is 16.1 Å². The molecule has 5 heteroatoms. The summed E-state index contributed by atoms with van der Waals surface area (Å²) < 4.78 is 0. The van der Waals surface area contributed by atoms with E-state index in [9.17, 15) is 10.1 Å². The van der Waals surface area contributed by atoms with E-state index in [4.69, 9.17) is 0 Å². The molecule has 1 N–H and O–H groups in total. The zero-order chi connectivity index (χ0) is 16.9. The number of thiophene rings is 1. The van der Waals surface area contributed by atoms with E-state index in [0.717, 1.165) is 35.5 Å². The number of amides is 1. The molecule has 0 radical (unpaired) electrons. The average Bonchev–Trinajstić information content (AvgIpc) is 2.76. The number of hydrogen-bond donors (Lipinski definition) is 1. The Morgan fingerprint density at radius 2 is 2.00 bits per heavy atom. The van der Waals surface area contributed by atoms with Crippen molar-refractivity contribution in [3.05, 3.63) is 45.8 Å². The smallest absolute Gasteiger partial charge is 0.256 e. The second-order valence-electron chi connectivity index (χ2n) is 5.79. The molecule has 3 nitrogen and oxygen atoms in total. The highest BCUT2D eigenvalue weighted by Crippen LogP contribution is 2.37. The van der Waals surface area contributed by atoms with Crippen molar-refractivity contribution in [3.63, 3.8) is 0 Å². The number of anilines is 1. The molecule has 0 fully saturated rings. The molecule has 0 spiro atoms. The van der Waals surface area contributed by atoms with E-state index in [-0.39, 0.29) is 5.91 Å². The highest BCUT2D eigenvalue weighted by Gasteiger charge is 2.21. The van der Waals surface area contributed by atoms with Gasteiger partial charge in [0.05, 0.1) is 5.56 Å². The van der Waals surface area contributed by atoms with Crippen molar-refractivity contribution >= 4 is 34.0 Å². The third-order valence-corrected chi connectivity index (χ3v) is 6.29. The lowest BCUT2D eigenvalue weighted by Crippen LogP contribution is -2.11. The number of carbonyl (C=O) groups is 1. The second kappa shape index (κ2) is 7.87. The molecular formula is C19H20N2OS2. The van der Waals surface area contributed by atoms with Gasteiger partial charge < -0.3 is 5.32 Å². The van der Waals surface area contributed by atoms with Crippen molar-refractivity contribution < 1.29 is 4.79 Å². The first-order valence-corrected chi connectivity index (χ1v) is 10.1. The van der Waals surface area contributed by atoms with Crippen LogP contribution in [-0.2, 0) is 12.8 Å². The molecule has 1 aromatic carbocycles. The van der Waals surface area contributed by atoms with Gasteiger partial charge in [0, 0.05) is 15.3 Å². The summed E-state index contributed by atoms with van der Waals surface area (Å²) in [5.74, 6) is 0.869. The molecule has 2 aromatic rings. The molecule has 1 aromatic heterocycles. The minimum Gasteiger partial charge on any atom is -0.312 e. The first-order chi connectivity index (χ1) is 11.7. The van der Waals surface area contributed by atoms with Crippen LogP contribution in [0.5, 0.6) is 0 Å². The number of nitrogens with zero attached hydrogens (tertiary/aromatic N) is 1. The fourth-order valence-electron chi connectivity index (χ4n) is 2.99. The number of rotatable bonds is 4. The average molecular weight is 357 g/mol. The summed E-state index contributed by atoms with van der Waals surface area (Å²) in [6.45, 7) is 2.11. The Hall–Kier alpha value is -1.77. The molecule has 0 saturated heterocycles. The Bertz CT molecular complexity index is 772. The van der Waals surface area contributed by atoms with E-state index in [1.807, 2.05) is 24.3 Å². The van der Waals surface area contributed by atoms with Crippen molar-refractivity contribution in [1.82, 2.24) is 0 Å². The predicted molar refractivity (Wildman–Crippen MR) is 101 cm³/mol. The summed E-state index contributed by atoms with van der Waals surface area (Å²) in [4.78, 5) is 14.9. The summed E-state index contributed by atoms with van der Waals surface area (Å²) in [6.07, 6.45) is 5.49. The number of benzene rings is 1. The van der Waals surface area contributed by atoms with Gasteiger partial charge in [-0.05, 0) is 61.3 Å². The molecule has 124 valence electrons. The molecule has 0 unspecified atom stereocenters. The largest absolute Gasteiger partial charge is 0.312 e. The molecule has 3 rings (SSSR count). The Balaban J connectivity index is 1.80. The van der Waals surface area contributed by atoms with Gasteiger partial charge in [-0.15, -0.1) is 23.1 Å². The molecule has 1 aliphatic carbocycles. The summed E-state index contributed by atoms with van der Waals surface area (Å²) in [7, 11) is 0. The Labute approximate surface area is 151 Å². The van der Waals surface area contributed by atoms with E-state index >= 15 is 0 Å². The minimum atomic E-state index is -0.143. The molecule has 1 amide bonds. The fraction of sp³-hybridized carbons (Fsp3) is 0.368. The first-order valence-electron chi connectivity index (χ1n) is 8.31. The molecule has 1 aliphatic rings. The number of aryl methyl sites for hydroxylation is 1. The van der Waals surface area contributed by atoms with Crippen LogP contribution in [0.1, 0.15) is 52.5 Å². The van der Waals surface area contributed by atoms with E-state index in [2.05, 4.69) is 18.3 Å².